The molecule has 1 amide bonds. The molecular weight excluding hydrogens is 278 g/mol. The number of nitrogens with one attached hydrogen (secondary N) is 1. The number of rotatable bonds is 7. The second-order valence-electron chi connectivity index (χ2n) is 5.12. The topological polar surface area (TPSA) is 58.6 Å². The van der Waals surface area contributed by atoms with E-state index in [0.29, 0.717) is 12.3 Å². The maximum Gasteiger partial charge on any atom is 0.257 e. The molecule has 0 heterocycles. The average Bonchev–Trinajstić information content (AvgIpc) is 2.55. The van der Waals surface area contributed by atoms with Crippen molar-refractivity contribution < 1.29 is 14.6 Å². The van der Waals surface area contributed by atoms with Crippen LogP contribution in [0.5, 0.6) is 5.75 Å². The molecule has 0 atom stereocenters. The number of hydrogen-bond acceptors (Lipinski definition) is 3. The van der Waals surface area contributed by atoms with Crippen molar-refractivity contribution in [1.29, 1.82) is 0 Å². The van der Waals surface area contributed by atoms with Gasteiger partial charge in [0.2, 0.25) is 0 Å². The molecule has 22 heavy (non-hydrogen) atoms. The minimum atomic E-state index is -0.139. The van der Waals surface area contributed by atoms with Gasteiger partial charge in [0.15, 0.2) is 6.61 Å². The van der Waals surface area contributed by atoms with E-state index in [0.717, 1.165) is 12.0 Å². The highest BCUT2D eigenvalue weighted by molar-refractivity contribution is 5.77. The predicted molar refractivity (Wildman–Crippen MR) is 85.8 cm³/mol. The zero-order valence-corrected chi connectivity index (χ0v) is 12.7. The first-order valence-electron chi connectivity index (χ1n) is 7.33. The molecule has 0 saturated carbocycles. The molecule has 0 aliphatic rings. The largest absolute Gasteiger partial charge is 0.484 e. The van der Waals surface area contributed by atoms with Crippen molar-refractivity contribution in [2.75, 3.05) is 13.2 Å². The molecule has 0 spiro atoms. The Kier molecular flexibility index (Phi) is 5.98. The first-order chi connectivity index (χ1) is 10.7. The fraction of sp³-hybridized carbons (Fsp3) is 0.278. The molecule has 2 rings (SSSR count). The highest BCUT2D eigenvalue weighted by Gasteiger charge is 2.03. The summed E-state index contributed by atoms with van der Waals surface area (Å²) in [6.45, 7) is 2.65. The summed E-state index contributed by atoms with van der Waals surface area (Å²) in [6.07, 6.45) is 0.809. The lowest BCUT2D eigenvalue weighted by molar-refractivity contribution is -0.123. The number of benzene rings is 2. The highest BCUT2D eigenvalue weighted by atomic mass is 16.5. The molecule has 0 aliphatic carbocycles. The molecule has 0 fully saturated rings. The number of carbonyl (C=O) groups is 1. The molecule has 4 nitrogen and oxygen atoms in total. The van der Waals surface area contributed by atoms with Crippen LogP contribution in [0.15, 0.2) is 48.5 Å². The van der Waals surface area contributed by atoms with Gasteiger partial charge in [-0.25, -0.2) is 0 Å². The van der Waals surface area contributed by atoms with E-state index in [1.165, 1.54) is 11.1 Å². The Morgan fingerprint density at radius 1 is 1.14 bits per heavy atom. The fourth-order valence-corrected chi connectivity index (χ4v) is 2.12. The van der Waals surface area contributed by atoms with E-state index >= 15 is 0 Å². The number of aliphatic hydroxyl groups excluding tert-OH is 1. The second-order valence-corrected chi connectivity index (χ2v) is 5.12. The van der Waals surface area contributed by atoms with Gasteiger partial charge in [0, 0.05) is 6.54 Å². The highest BCUT2D eigenvalue weighted by Crippen LogP contribution is 2.12. The summed E-state index contributed by atoms with van der Waals surface area (Å²) in [7, 11) is 0. The third-order valence-corrected chi connectivity index (χ3v) is 3.45. The first kappa shape index (κ1) is 16.0. The number of amides is 1. The van der Waals surface area contributed by atoms with Crippen LogP contribution in [0.1, 0.15) is 16.7 Å². The molecule has 0 bridgehead atoms. The van der Waals surface area contributed by atoms with E-state index in [1.807, 2.05) is 12.1 Å². The lowest BCUT2D eigenvalue weighted by Crippen LogP contribution is -2.30. The molecule has 0 saturated heterocycles. The van der Waals surface area contributed by atoms with Gasteiger partial charge in [-0.1, -0.05) is 36.4 Å². The normalized spacial score (nSPS) is 10.3. The Morgan fingerprint density at radius 3 is 2.55 bits per heavy atom. The Balaban J connectivity index is 1.70. The molecule has 2 N–H and O–H groups in total. The minimum Gasteiger partial charge on any atom is -0.484 e. The second kappa shape index (κ2) is 8.20. The Labute approximate surface area is 130 Å². The molecule has 0 radical (unpaired) electrons. The van der Waals surface area contributed by atoms with Crippen molar-refractivity contribution in [3.05, 3.63) is 65.2 Å². The molecule has 2 aromatic carbocycles. The summed E-state index contributed by atoms with van der Waals surface area (Å²) in [4.78, 5) is 11.7. The van der Waals surface area contributed by atoms with Crippen LogP contribution in [0.25, 0.3) is 0 Å². The van der Waals surface area contributed by atoms with Crippen molar-refractivity contribution in [2.24, 2.45) is 0 Å². The van der Waals surface area contributed by atoms with E-state index < -0.39 is 0 Å². The van der Waals surface area contributed by atoms with Gasteiger partial charge in [0.05, 0.1) is 6.61 Å². The molecule has 0 aromatic heterocycles. The van der Waals surface area contributed by atoms with Crippen LogP contribution in [-0.2, 0) is 17.8 Å². The SMILES string of the molecule is Cc1ccccc1CCNC(=O)COc1ccc(CO)cc1. The minimum absolute atomic E-state index is 0.000329. The summed E-state index contributed by atoms with van der Waals surface area (Å²) in [5.41, 5.74) is 3.29. The monoisotopic (exact) mass is 299 g/mol. The zero-order valence-electron chi connectivity index (χ0n) is 12.7. The quantitative estimate of drug-likeness (QED) is 0.824. The van der Waals surface area contributed by atoms with Gasteiger partial charge < -0.3 is 15.2 Å². The Hall–Kier alpha value is -2.33. The Morgan fingerprint density at radius 2 is 1.86 bits per heavy atom. The molecule has 4 heteroatoms. The van der Waals surface area contributed by atoms with E-state index in [2.05, 4.69) is 24.4 Å². The zero-order chi connectivity index (χ0) is 15.8. The maximum absolute atomic E-state index is 11.7. The lowest BCUT2D eigenvalue weighted by atomic mass is 10.1. The van der Waals surface area contributed by atoms with Crippen LogP contribution < -0.4 is 10.1 Å². The van der Waals surface area contributed by atoms with E-state index in [9.17, 15) is 4.79 Å². The van der Waals surface area contributed by atoms with Gasteiger partial charge in [-0.05, 0) is 42.2 Å². The van der Waals surface area contributed by atoms with Gasteiger partial charge in [-0.2, -0.15) is 0 Å². The smallest absolute Gasteiger partial charge is 0.257 e. The maximum atomic E-state index is 11.7. The van der Waals surface area contributed by atoms with Crippen molar-refractivity contribution >= 4 is 5.91 Å². The fourth-order valence-electron chi connectivity index (χ4n) is 2.12. The van der Waals surface area contributed by atoms with Crippen LogP contribution in [0.2, 0.25) is 0 Å². The number of carbonyl (C=O) groups excluding carboxylic acids is 1. The number of ether oxygens (including phenoxy) is 1. The van der Waals surface area contributed by atoms with Crippen molar-refractivity contribution in [2.45, 2.75) is 20.0 Å². The van der Waals surface area contributed by atoms with Crippen LogP contribution >= 0.6 is 0 Å². The van der Waals surface area contributed by atoms with Crippen molar-refractivity contribution in [3.8, 4) is 5.75 Å². The molecule has 2 aromatic rings. The van der Waals surface area contributed by atoms with Crippen LogP contribution in [-0.4, -0.2) is 24.2 Å². The summed E-state index contributed by atoms with van der Waals surface area (Å²) in [6, 6.07) is 15.2. The summed E-state index contributed by atoms with van der Waals surface area (Å²) < 4.78 is 5.40. The van der Waals surface area contributed by atoms with E-state index in [1.54, 1.807) is 24.3 Å². The lowest BCUT2D eigenvalue weighted by Gasteiger charge is -2.09. The standard InChI is InChI=1S/C18H21NO3/c1-14-4-2-3-5-16(14)10-11-19-18(21)13-22-17-8-6-15(12-20)7-9-17/h2-9,20H,10-13H2,1H3,(H,19,21). The Bertz CT molecular complexity index is 608. The third-order valence-electron chi connectivity index (χ3n) is 3.45. The molecular formula is C18H21NO3. The summed E-state index contributed by atoms with van der Waals surface area (Å²) in [5.74, 6) is 0.478. The van der Waals surface area contributed by atoms with Gasteiger partial charge >= 0.3 is 0 Å². The summed E-state index contributed by atoms with van der Waals surface area (Å²) >= 11 is 0. The van der Waals surface area contributed by atoms with Gasteiger partial charge in [0.25, 0.3) is 5.91 Å². The number of aliphatic hydroxyl groups is 1. The predicted octanol–water partition coefficient (Wildman–Crippen LogP) is 2.23. The van der Waals surface area contributed by atoms with Crippen molar-refractivity contribution in [1.82, 2.24) is 5.32 Å². The van der Waals surface area contributed by atoms with Gasteiger partial charge in [-0.15, -0.1) is 0 Å². The third kappa shape index (κ3) is 4.90. The van der Waals surface area contributed by atoms with Gasteiger partial charge in [-0.3, -0.25) is 4.79 Å². The number of aryl methyl sites for hydroxylation is 1. The van der Waals surface area contributed by atoms with E-state index in [-0.39, 0.29) is 19.1 Å². The molecule has 0 aliphatic heterocycles. The molecule has 116 valence electrons. The molecule has 0 unspecified atom stereocenters. The van der Waals surface area contributed by atoms with E-state index in [4.69, 9.17) is 9.84 Å². The van der Waals surface area contributed by atoms with Gasteiger partial charge in [0.1, 0.15) is 5.75 Å². The average molecular weight is 299 g/mol. The van der Waals surface area contributed by atoms with Crippen molar-refractivity contribution in [3.63, 3.8) is 0 Å². The summed E-state index contributed by atoms with van der Waals surface area (Å²) in [5, 5.41) is 11.8. The van der Waals surface area contributed by atoms with Crippen LogP contribution in [0, 0.1) is 6.92 Å². The van der Waals surface area contributed by atoms with Crippen LogP contribution in [0.4, 0.5) is 0 Å². The number of hydrogen-bond donors (Lipinski definition) is 2. The first-order valence-corrected chi connectivity index (χ1v) is 7.33. The van der Waals surface area contributed by atoms with Crippen LogP contribution in [0.3, 0.4) is 0 Å².